The molecule has 0 saturated heterocycles. The van der Waals surface area contributed by atoms with Crippen LogP contribution in [0.2, 0.25) is 0 Å². The second kappa shape index (κ2) is 12.6. The maximum Gasteiger partial charge on any atom is 0.122 e. The van der Waals surface area contributed by atoms with Crippen molar-refractivity contribution in [2.45, 2.75) is 66.2 Å². The number of hydrogen-bond acceptors (Lipinski definition) is 5. The summed E-state index contributed by atoms with van der Waals surface area (Å²) in [6.45, 7) is 14.4. The third kappa shape index (κ3) is 8.97. The normalized spacial score (nSPS) is 10.5. The van der Waals surface area contributed by atoms with Crippen LogP contribution in [0.25, 0.3) is 0 Å². The molecule has 0 spiro atoms. The van der Waals surface area contributed by atoms with Crippen molar-refractivity contribution in [1.82, 2.24) is 0 Å². The Kier molecular flexibility index (Phi) is 10.6. The molecule has 0 atom stereocenters. The lowest BCUT2D eigenvalue weighted by Crippen LogP contribution is -1.94. The van der Waals surface area contributed by atoms with Gasteiger partial charge in [0, 0.05) is 12.1 Å². The lowest BCUT2D eigenvalue weighted by molar-refractivity contribution is 0.437. The van der Waals surface area contributed by atoms with Gasteiger partial charge in [-0.2, -0.15) is 0 Å². The van der Waals surface area contributed by atoms with Gasteiger partial charge in [0.05, 0.1) is 0 Å². The molecule has 5 heteroatoms. The minimum absolute atomic E-state index is 0.0880. The van der Waals surface area contributed by atoms with Crippen LogP contribution in [-0.2, 0) is 0 Å². The number of benzene rings is 3. The predicted molar refractivity (Wildman–Crippen MR) is 135 cm³/mol. The molecule has 0 fully saturated rings. The van der Waals surface area contributed by atoms with Gasteiger partial charge in [0.25, 0.3) is 0 Å². The molecule has 33 heavy (non-hydrogen) atoms. The number of aryl methyl sites for hydroxylation is 1. The first kappa shape index (κ1) is 27.7. The molecule has 0 unspecified atom stereocenters. The molecule has 0 aliphatic rings. The highest BCUT2D eigenvalue weighted by molar-refractivity contribution is 5.47. The number of rotatable bonds is 3. The monoisotopic (exact) mass is 454 g/mol. The molecule has 0 saturated carbocycles. The lowest BCUT2D eigenvalue weighted by atomic mass is 9.94. The Morgan fingerprint density at radius 3 is 1.24 bits per heavy atom. The van der Waals surface area contributed by atoms with Gasteiger partial charge in [-0.05, 0) is 77.3 Å². The Hall–Kier alpha value is -3.34. The molecule has 5 N–H and O–H groups in total. The quantitative estimate of drug-likeness (QED) is 0.286. The fourth-order valence-electron chi connectivity index (χ4n) is 3.34. The molecule has 3 aromatic carbocycles. The first-order chi connectivity index (χ1) is 15.3. The second-order valence-corrected chi connectivity index (χ2v) is 8.99. The summed E-state index contributed by atoms with van der Waals surface area (Å²) in [6, 6.07) is 14.7. The fourth-order valence-corrected chi connectivity index (χ4v) is 3.34. The van der Waals surface area contributed by atoms with Crippen LogP contribution in [0.4, 0.5) is 0 Å². The van der Waals surface area contributed by atoms with Gasteiger partial charge in [-0.15, -0.1) is 0 Å². The summed E-state index contributed by atoms with van der Waals surface area (Å²) in [6.07, 6.45) is 0. The van der Waals surface area contributed by atoms with Gasteiger partial charge in [0.2, 0.25) is 0 Å². The van der Waals surface area contributed by atoms with Crippen LogP contribution in [0.15, 0.2) is 54.6 Å². The third-order valence-electron chi connectivity index (χ3n) is 5.13. The minimum atomic E-state index is 0.0880. The Labute approximate surface area is 197 Å². The molecular formula is C28H38O5. The van der Waals surface area contributed by atoms with Crippen LogP contribution in [0.1, 0.15) is 81.5 Å². The van der Waals surface area contributed by atoms with E-state index in [1.54, 1.807) is 18.2 Å². The average Bonchev–Trinajstić information content (AvgIpc) is 2.67. The first-order valence-electron chi connectivity index (χ1n) is 11.2. The number of phenolic OH excluding ortho intramolecular Hbond substituents is 5. The molecule has 0 amide bonds. The van der Waals surface area contributed by atoms with Gasteiger partial charge in [-0.3, -0.25) is 0 Å². The Bertz CT molecular complexity index is 976. The highest BCUT2D eigenvalue weighted by atomic mass is 16.3. The van der Waals surface area contributed by atoms with E-state index in [-0.39, 0.29) is 34.8 Å². The topological polar surface area (TPSA) is 101 Å². The SMILES string of the molecule is CC(C)c1cc(C(C)C)c(O)cc1O.Cc1cc(O)ccc1C(C)C.Oc1cccc(O)c1. The van der Waals surface area contributed by atoms with Crippen molar-refractivity contribution in [3.8, 4) is 28.7 Å². The lowest BCUT2D eigenvalue weighted by Gasteiger charge is -2.14. The third-order valence-corrected chi connectivity index (χ3v) is 5.13. The van der Waals surface area contributed by atoms with Crippen LogP contribution >= 0.6 is 0 Å². The average molecular weight is 455 g/mol. The van der Waals surface area contributed by atoms with E-state index in [1.165, 1.54) is 35.4 Å². The summed E-state index contributed by atoms with van der Waals surface area (Å²) >= 11 is 0. The Morgan fingerprint density at radius 2 is 0.909 bits per heavy atom. The minimum Gasteiger partial charge on any atom is -0.508 e. The van der Waals surface area contributed by atoms with Gasteiger partial charge < -0.3 is 25.5 Å². The van der Waals surface area contributed by atoms with E-state index >= 15 is 0 Å². The zero-order valence-electron chi connectivity index (χ0n) is 20.7. The van der Waals surface area contributed by atoms with Crippen molar-refractivity contribution in [2.75, 3.05) is 0 Å². The first-order valence-corrected chi connectivity index (χ1v) is 11.2. The summed E-state index contributed by atoms with van der Waals surface area (Å²) in [4.78, 5) is 0. The summed E-state index contributed by atoms with van der Waals surface area (Å²) in [7, 11) is 0. The molecule has 0 aromatic heterocycles. The van der Waals surface area contributed by atoms with Crippen molar-refractivity contribution in [3.05, 3.63) is 76.9 Å². The molecular weight excluding hydrogens is 416 g/mol. The van der Waals surface area contributed by atoms with E-state index in [1.807, 2.05) is 46.8 Å². The van der Waals surface area contributed by atoms with E-state index < -0.39 is 0 Å². The van der Waals surface area contributed by atoms with Gasteiger partial charge in [-0.1, -0.05) is 53.7 Å². The summed E-state index contributed by atoms with van der Waals surface area (Å²) in [5.41, 5.74) is 4.26. The smallest absolute Gasteiger partial charge is 0.122 e. The van der Waals surface area contributed by atoms with Crippen molar-refractivity contribution in [1.29, 1.82) is 0 Å². The van der Waals surface area contributed by atoms with Crippen molar-refractivity contribution >= 4 is 0 Å². The summed E-state index contributed by atoms with van der Waals surface area (Å²) < 4.78 is 0. The molecule has 180 valence electrons. The molecule has 0 aliphatic carbocycles. The molecule has 5 nitrogen and oxygen atoms in total. The predicted octanol–water partition coefficient (Wildman–Crippen LogP) is 7.27. The van der Waals surface area contributed by atoms with Crippen molar-refractivity contribution < 1.29 is 25.5 Å². The van der Waals surface area contributed by atoms with E-state index in [0.717, 1.165) is 11.1 Å². The maximum absolute atomic E-state index is 9.61. The van der Waals surface area contributed by atoms with Crippen LogP contribution < -0.4 is 0 Å². The van der Waals surface area contributed by atoms with Crippen LogP contribution in [-0.4, -0.2) is 25.5 Å². The standard InChI is InChI=1S/C12H18O2.C10H14O.C6H6O2/c1-7(2)9-5-10(8(3)4)12(14)6-11(9)13;1-7(2)10-5-4-9(11)6-8(10)3;7-5-2-1-3-6(8)4-5/h5-8,13-14H,1-4H3;4-7,11H,1-3H3;1-4,7-8H. The Balaban J connectivity index is 0.000000257. The molecule has 3 aromatic rings. The fraction of sp³-hybridized carbons (Fsp3) is 0.357. The molecule has 0 bridgehead atoms. The van der Waals surface area contributed by atoms with Crippen LogP contribution in [0.3, 0.4) is 0 Å². The number of hydrogen-bond donors (Lipinski definition) is 5. The largest absolute Gasteiger partial charge is 0.508 e. The maximum atomic E-state index is 9.61. The van der Waals surface area contributed by atoms with Gasteiger partial charge in [-0.25, -0.2) is 0 Å². The van der Waals surface area contributed by atoms with E-state index in [0.29, 0.717) is 11.7 Å². The zero-order valence-corrected chi connectivity index (χ0v) is 20.7. The van der Waals surface area contributed by atoms with Crippen LogP contribution in [0, 0.1) is 6.92 Å². The summed E-state index contributed by atoms with van der Waals surface area (Å²) in [5.74, 6) is 1.97. The van der Waals surface area contributed by atoms with Gasteiger partial charge >= 0.3 is 0 Å². The zero-order chi connectivity index (χ0) is 25.3. The van der Waals surface area contributed by atoms with Gasteiger partial charge in [0.15, 0.2) is 0 Å². The molecule has 0 aliphatic heterocycles. The number of phenols is 5. The molecule has 0 heterocycles. The highest BCUT2D eigenvalue weighted by Crippen LogP contribution is 2.35. The second-order valence-electron chi connectivity index (χ2n) is 8.99. The molecule has 0 radical (unpaired) electrons. The van der Waals surface area contributed by atoms with Crippen LogP contribution in [0.5, 0.6) is 28.7 Å². The van der Waals surface area contributed by atoms with E-state index in [9.17, 15) is 10.2 Å². The van der Waals surface area contributed by atoms with Crippen molar-refractivity contribution in [3.63, 3.8) is 0 Å². The summed E-state index contributed by atoms with van der Waals surface area (Å²) in [5, 5.41) is 45.6. The van der Waals surface area contributed by atoms with E-state index in [4.69, 9.17) is 15.3 Å². The van der Waals surface area contributed by atoms with Crippen molar-refractivity contribution in [2.24, 2.45) is 0 Å². The van der Waals surface area contributed by atoms with E-state index in [2.05, 4.69) is 13.8 Å². The van der Waals surface area contributed by atoms with Gasteiger partial charge in [0.1, 0.15) is 28.7 Å². The number of aromatic hydroxyl groups is 5. The molecule has 3 rings (SSSR count). The highest BCUT2D eigenvalue weighted by Gasteiger charge is 2.13. The Morgan fingerprint density at radius 1 is 0.485 bits per heavy atom.